The van der Waals surface area contributed by atoms with Gasteiger partial charge in [-0.05, 0) is 277 Å². The highest BCUT2D eigenvalue weighted by atomic mass is 79.9. The second kappa shape index (κ2) is 32.9. The highest BCUT2D eigenvalue weighted by Crippen LogP contribution is 2.44. The zero-order valence-electron chi connectivity index (χ0n) is 68.4. The van der Waals surface area contributed by atoms with Crippen LogP contribution >= 0.6 is 15.9 Å². The van der Waals surface area contributed by atoms with E-state index in [1.807, 2.05) is 0 Å². The third kappa shape index (κ3) is 14.7. The van der Waals surface area contributed by atoms with E-state index in [0.29, 0.717) is 0 Å². The van der Waals surface area contributed by atoms with Gasteiger partial charge in [-0.1, -0.05) is 356 Å². The average Bonchev–Trinajstić information content (AvgIpc) is 1.59. The fraction of sp³-hybridized carbons (Fsp3) is 0. The van der Waals surface area contributed by atoms with Gasteiger partial charge in [-0.25, -0.2) is 0 Å². The van der Waals surface area contributed by atoms with E-state index in [-0.39, 0.29) is 0 Å². The summed E-state index contributed by atoms with van der Waals surface area (Å²) in [5.74, 6) is 0. The predicted molar refractivity (Wildman–Crippen MR) is 538 cm³/mol. The Labute approximate surface area is 734 Å². The van der Waals surface area contributed by atoms with Crippen molar-refractivity contribution < 1.29 is 0 Å². The molecule has 0 aliphatic rings. The molecule has 0 atom stereocenters. The quantitative estimate of drug-likeness (QED) is 0.116. The molecule has 0 saturated heterocycles. The van der Waals surface area contributed by atoms with Gasteiger partial charge in [0.2, 0.25) is 0 Å². The number of anilines is 5. The van der Waals surface area contributed by atoms with Crippen LogP contribution in [0.4, 0.5) is 28.4 Å². The fourth-order valence-corrected chi connectivity index (χ4v) is 18.8. The molecular weight excluding hydrogens is 1580 g/mol. The van der Waals surface area contributed by atoms with Crippen LogP contribution in [0.1, 0.15) is 0 Å². The van der Waals surface area contributed by atoms with Crippen LogP contribution < -0.4 is 10.2 Å². The summed E-state index contributed by atoms with van der Waals surface area (Å²) >= 11 is 3.46. The molecular formula is C120H81BrN4. The van der Waals surface area contributed by atoms with Crippen LogP contribution in [0.3, 0.4) is 0 Å². The minimum absolute atomic E-state index is 1.06. The van der Waals surface area contributed by atoms with Gasteiger partial charge in [0.15, 0.2) is 0 Å². The van der Waals surface area contributed by atoms with Crippen LogP contribution in [0.2, 0.25) is 0 Å². The monoisotopic (exact) mass is 1660 g/mol. The Hall–Kier alpha value is -15.9. The first-order chi connectivity index (χ1) is 61.9. The zero-order valence-corrected chi connectivity index (χ0v) is 70.0. The average molecular weight is 1660 g/mol. The Morgan fingerprint density at radius 3 is 0.824 bits per heavy atom. The van der Waals surface area contributed by atoms with Gasteiger partial charge >= 0.3 is 0 Å². The number of benzene rings is 22. The minimum Gasteiger partial charge on any atom is -0.356 e. The van der Waals surface area contributed by atoms with Gasteiger partial charge in [-0.2, -0.15) is 0 Å². The molecule has 5 heteroatoms. The summed E-state index contributed by atoms with van der Waals surface area (Å²) in [5, 5.41) is 23.9. The molecule has 0 saturated carbocycles. The zero-order chi connectivity index (χ0) is 83.1. The van der Waals surface area contributed by atoms with E-state index in [1.54, 1.807) is 0 Å². The lowest BCUT2D eigenvalue weighted by molar-refractivity contribution is 1.18. The van der Waals surface area contributed by atoms with Gasteiger partial charge in [-0.15, -0.1) is 0 Å². The van der Waals surface area contributed by atoms with E-state index in [9.17, 15) is 0 Å². The van der Waals surface area contributed by atoms with E-state index in [1.165, 1.54) is 175 Å². The first-order valence-electron chi connectivity index (χ1n) is 42.7. The Balaban J connectivity index is 0.000000128. The molecule has 24 aromatic rings. The summed E-state index contributed by atoms with van der Waals surface area (Å²) < 4.78 is 5.87. The number of hydrogen-bond acceptors (Lipinski definition) is 2. The van der Waals surface area contributed by atoms with Gasteiger partial charge in [0.25, 0.3) is 0 Å². The Morgan fingerprint density at radius 2 is 0.448 bits per heavy atom. The van der Waals surface area contributed by atoms with Crippen LogP contribution in [0.25, 0.3) is 186 Å². The van der Waals surface area contributed by atoms with Gasteiger partial charge in [0, 0.05) is 65.8 Å². The van der Waals surface area contributed by atoms with Crippen molar-refractivity contribution in [3.05, 3.63) is 490 Å². The van der Waals surface area contributed by atoms with Gasteiger partial charge in [0.05, 0.1) is 22.1 Å². The third-order valence-corrected chi connectivity index (χ3v) is 25.2. The number of para-hydroxylation sites is 4. The summed E-state index contributed by atoms with van der Waals surface area (Å²) in [5.41, 5.74) is 27.1. The number of nitrogens with zero attached hydrogens (tertiary/aromatic N) is 3. The third-order valence-electron chi connectivity index (χ3n) is 24.6. The molecule has 0 spiro atoms. The number of hydrogen-bond donors (Lipinski definition) is 1. The molecule has 4 nitrogen and oxygen atoms in total. The normalized spacial score (nSPS) is 11.4. The SMILES string of the molecule is Brc1ccc(-c2ccc3ccccc3c2)cc1.c1cc(-c2ccc(N(c3ccc(-c4ccc5ccccc5c4)cc3)c3ccc(-c4cc5ccccc5c5ccccc45)cc3)cc2)cc(-n2c3ccccc3c3ccccc32)c1.c1cc(-c2ccc(Nc3ccc(-c4cc5ccccc5c5ccccc45)cc3)cc2)cc(-n2c3ccccc3c3ccccc32)c1. The highest BCUT2D eigenvalue weighted by Gasteiger charge is 2.20. The molecule has 0 fully saturated rings. The summed E-state index contributed by atoms with van der Waals surface area (Å²) in [6, 6.07) is 175. The van der Waals surface area contributed by atoms with Crippen molar-refractivity contribution in [2.75, 3.05) is 10.2 Å². The van der Waals surface area contributed by atoms with Crippen molar-refractivity contribution in [1.82, 2.24) is 9.13 Å². The predicted octanol–water partition coefficient (Wildman–Crippen LogP) is 34.2. The van der Waals surface area contributed by atoms with E-state index in [0.717, 1.165) is 44.3 Å². The fourth-order valence-electron chi connectivity index (χ4n) is 18.5. The van der Waals surface area contributed by atoms with Crippen molar-refractivity contribution in [3.63, 3.8) is 0 Å². The van der Waals surface area contributed by atoms with Gasteiger partial charge < -0.3 is 19.4 Å². The molecule has 0 aliphatic carbocycles. The largest absolute Gasteiger partial charge is 0.356 e. The van der Waals surface area contributed by atoms with E-state index in [2.05, 4.69) is 521 Å². The highest BCUT2D eigenvalue weighted by molar-refractivity contribution is 9.10. The maximum atomic E-state index is 3.60. The first-order valence-corrected chi connectivity index (χ1v) is 43.5. The van der Waals surface area contributed by atoms with E-state index >= 15 is 0 Å². The Bertz CT molecular complexity index is 8060. The Morgan fingerprint density at radius 1 is 0.176 bits per heavy atom. The second-order valence-electron chi connectivity index (χ2n) is 32.1. The van der Waals surface area contributed by atoms with Crippen molar-refractivity contribution in [2.24, 2.45) is 0 Å². The molecule has 0 bridgehead atoms. The smallest absolute Gasteiger partial charge is 0.0541 e. The van der Waals surface area contributed by atoms with Crippen LogP contribution in [0.5, 0.6) is 0 Å². The van der Waals surface area contributed by atoms with Crippen molar-refractivity contribution in [3.8, 4) is 78.1 Å². The molecule has 0 amide bonds. The molecule has 2 aromatic heterocycles. The van der Waals surface area contributed by atoms with Crippen LogP contribution in [-0.2, 0) is 0 Å². The molecule has 0 radical (unpaired) electrons. The molecule has 588 valence electrons. The maximum absolute atomic E-state index is 3.60. The summed E-state index contributed by atoms with van der Waals surface area (Å²) in [6.07, 6.45) is 0. The van der Waals surface area contributed by atoms with Crippen molar-refractivity contribution in [1.29, 1.82) is 0 Å². The van der Waals surface area contributed by atoms with Crippen LogP contribution in [0.15, 0.2) is 490 Å². The topological polar surface area (TPSA) is 25.1 Å². The van der Waals surface area contributed by atoms with Crippen molar-refractivity contribution >= 4 is 153 Å². The summed E-state index contributed by atoms with van der Waals surface area (Å²) in [6.45, 7) is 0. The van der Waals surface area contributed by atoms with Gasteiger partial charge in [-0.3, -0.25) is 0 Å². The number of halogens is 1. The number of aromatic nitrogens is 2. The molecule has 24 rings (SSSR count). The molecule has 0 aliphatic heterocycles. The van der Waals surface area contributed by atoms with Crippen molar-refractivity contribution in [2.45, 2.75) is 0 Å². The van der Waals surface area contributed by atoms with Crippen LogP contribution in [0, 0.1) is 0 Å². The maximum Gasteiger partial charge on any atom is 0.0541 e. The molecule has 2 heterocycles. The first kappa shape index (κ1) is 75.3. The summed E-state index contributed by atoms with van der Waals surface area (Å²) in [7, 11) is 0. The molecule has 22 aromatic carbocycles. The Kier molecular flexibility index (Phi) is 19.8. The second-order valence-corrected chi connectivity index (χ2v) is 33.0. The lowest BCUT2D eigenvalue weighted by Gasteiger charge is -2.26. The number of nitrogens with one attached hydrogen (secondary N) is 1. The molecule has 0 unspecified atom stereocenters. The number of fused-ring (bicyclic) bond motifs is 14. The summed E-state index contributed by atoms with van der Waals surface area (Å²) in [4.78, 5) is 2.37. The van der Waals surface area contributed by atoms with Gasteiger partial charge in [0.1, 0.15) is 0 Å². The van der Waals surface area contributed by atoms with Crippen LogP contribution in [-0.4, -0.2) is 9.13 Å². The minimum atomic E-state index is 1.06. The van der Waals surface area contributed by atoms with E-state index < -0.39 is 0 Å². The van der Waals surface area contributed by atoms with E-state index in [4.69, 9.17) is 0 Å². The number of rotatable bonds is 13. The lowest BCUT2D eigenvalue weighted by Crippen LogP contribution is -2.09. The standard InChI is InChI=1S/C60H40N2.C44H30N2.C16H11Br/c1-2-13-45-38-47(25-24-41(45)12-1)43-28-34-50(35-29-43)61(51-36-30-44(31-37-51)58-40-48-14-3-4-17-53(48)54-18-5-6-19-55(54)58)49-32-26-42(27-33-49)46-15-11-16-52(39-46)62-59-22-9-7-20-56(59)57-21-8-10-23-60(57)62;1-2-13-37-33(10-1)29-42(39-15-4-3-14-38(37)39)31-22-26-35(27-23-31)45-34-24-20-30(21-25-34)32-11-9-12-36(28-32)46-43-18-7-5-16-40(43)41-17-6-8-19-44(41)46;17-16-9-7-13(8-10-16)15-6-5-12-3-1-2-4-14(12)11-15/h1-40H;1-29,45H;1-11H. The molecule has 1 N–H and O–H groups in total. The lowest BCUT2D eigenvalue weighted by atomic mass is 9.93. The molecule has 125 heavy (non-hydrogen) atoms.